The number of nitrogens with one attached hydrogen (secondary N) is 1. The number of nitrogens with zero attached hydrogens (tertiary/aromatic N) is 1. The van der Waals surface area contributed by atoms with Crippen LogP contribution in [0, 0.1) is 0 Å². The molecule has 0 fully saturated rings. The normalized spacial score (nSPS) is 12.1. The van der Waals surface area contributed by atoms with Crippen molar-refractivity contribution in [2.45, 2.75) is 26.7 Å². The lowest BCUT2D eigenvalue weighted by Crippen LogP contribution is -1.93. The zero-order valence-corrected chi connectivity index (χ0v) is 10.6. The molecule has 0 radical (unpaired) electrons. The second-order valence-corrected chi connectivity index (χ2v) is 4.53. The molecule has 2 heteroatoms. The smallest absolute Gasteiger partial charge is 0.0633 e. The van der Waals surface area contributed by atoms with Crippen LogP contribution >= 0.6 is 0 Å². The van der Waals surface area contributed by atoms with Gasteiger partial charge in [0.2, 0.25) is 0 Å². The number of rotatable bonds is 3. The molecular formula is C15H18N2. The first-order chi connectivity index (χ1) is 8.16. The molecule has 1 aromatic carbocycles. The lowest BCUT2D eigenvalue weighted by atomic mass is 10.0. The summed E-state index contributed by atoms with van der Waals surface area (Å²) < 4.78 is 0. The molecule has 0 amide bonds. The molecule has 0 unspecified atom stereocenters. The van der Waals surface area contributed by atoms with Crippen molar-refractivity contribution in [1.29, 1.82) is 0 Å². The van der Waals surface area contributed by atoms with Crippen LogP contribution in [-0.4, -0.2) is 10.7 Å². The van der Waals surface area contributed by atoms with Crippen molar-refractivity contribution in [1.82, 2.24) is 4.98 Å². The first-order valence-electron chi connectivity index (χ1n) is 5.96. The molecule has 2 rings (SSSR count). The first kappa shape index (κ1) is 11.6. The number of benzene rings is 1. The van der Waals surface area contributed by atoms with Gasteiger partial charge >= 0.3 is 0 Å². The third kappa shape index (κ3) is 2.84. The van der Waals surface area contributed by atoms with Crippen LogP contribution in [-0.2, 0) is 0 Å². The molecule has 1 aromatic heterocycles. The minimum Gasteiger partial charge on any atom is -0.360 e. The van der Waals surface area contributed by atoms with Gasteiger partial charge in [-0.15, -0.1) is 0 Å². The highest BCUT2D eigenvalue weighted by molar-refractivity contribution is 5.98. The molecule has 0 aliphatic rings. The fraction of sp³-hybridized carbons (Fsp3) is 0.267. The monoisotopic (exact) mass is 226 g/mol. The molecule has 0 spiro atoms. The Morgan fingerprint density at radius 2 is 1.82 bits per heavy atom. The van der Waals surface area contributed by atoms with Crippen molar-refractivity contribution in [3.8, 4) is 0 Å². The number of aliphatic imine (C=N–C) groups is 1. The Hall–Kier alpha value is -1.83. The van der Waals surface area contributed by atoms with Gasteiger partial charge in [0.25, 0.3) is 0 Å². The predicted octanol–water partition coefficient (Wildman–Crippen LogP) is 4.28. The molecule has 0 aliphatic carbocycles. The third-order valence-corrected chi connectivity index (χ3v) is 2.84. The van der Waals surface area contributed by atoms with Crippen LogP contribution in [0.1, 0.15) is 37.9 Å². The van der Waals surface area contributed by atoms with Crippen LogP contribution in [0.15, 0.2) is 47.6 Å². The maximum Gasteiger partial charge on any atom is 0.0633 e. The summed E-state index contributed by atoms with van der Waals surface area (Å²) in [4.78, 5) is 7.74. The highest BCUT2D eigenvalue weighted by Gasteiger charge is 2.00. The summed E-state index contributed by atoms with van der Waals surface area (Å²) in [5, 5.41) is 0. The quantitative estimate of drug-likeness (QED) is 0.757. The van der Waals surface area contributed by atoms with Gasteiger partial charge in [-0.1, -0.05) is 26.0 Å². The second kappa shape index (κ2) is 5.00. The Labute approximate surface area is 102 Å². The number of H-pyrrole nitrogens is 1. The van der Waals surface area contributed by atoms with Crippen molar-refractivity contribution >= 4 is 11.4 Å². The molecule has 0 saturated heterocycles. The fourth-order valence-corrected chi connectivity index (χ4v) is 1.74. The van der Waals surface area contributed by atoms with Crippen molar-refractivity contribution < 1.29 is 0 Å². The maximum atomic E-state index is 4.59. The lowest BCUT2D eigenvalue weighted by molar-refractivity contribution is 0.867. The molecule has 17 heavy (non-hydrogen) atoms. The van der Waals surface area contributed by atoms with Crippen LogP contribution in [0.5, 0.6) is 0 Å². The van der Waals surface area contributed by atoms with E-state index in [2.05, 4.69) is 48.1 Å². The van der Waals surface area contributed by atoms with Crippen molar-refractivity contribution in [2.24, 2.45) is 4.99 Å². The highest BCUT2D eigenvalue weighted by Crippen LogP contribution is 2.19. The van der Waals surface area contributed by atoms with Gasteiger partial charge in [0, 0.05) is 6.20 Å². The largest absolute Gasteiger partial charge is 0.360 e. The number of aromatic nitrogens is 1. The molecule has 0 saturated carbocycles. The van der Waals surface area contributed by atoms with E-state index in [4.69, 9.17) is 0 Å². The van der Waals surface area contributed by atoms with Crippen LogP contribution in [0.25, 0.3) is 0 Å². The summed E-state index contributed by atoms with van der Waals surface area (Å²) in [6.45, 7) is 6.41. The van der Waals surface area contributed by atoms with Gasteiger partial charge in [0.05, 0.1) is 17.1 Å². The molecule has 1 N–H and O–H groups in total. The molecule has 1 heterocycles. The van der Waals surface area contributed by atoms with Gasteiger partial charge in [-0.2, -0.15) is 0 Å². The number of hydrogen-bond acceptors (Lipinski definition) is 1. The van der Waals surface area contributed by atoms with Gasteiger partial charge in [0.15, 0.2) is 0 Å². The van der Waals surface area contributed by atoms with E-state index in [0.29, 0.717) is 5.92 Å². The Kier molecular flexibility index (Phi) is 3.43. The van der Waals surface area contributed by atoms with E-state index in [0.717, 1.165) is 17.1 Å². The Bertz CT molecular complexity index is 490. The fourth-order valence-electron chi connectivity index (χ4n) is 1.74. The summed E-state index contributed by atoms with van der Waals surface area (Å²) >= 11 is 0. The van der Waals surface area contributed by atoms with E-state index in [1.165, 1.54) is 5.56 Å². The van der Waals surface area contributed by atoms with Crippen molar-refractivity contribution in [3.63, 3.8) is 0 Å². The standard InChI is InChI=1S/C15H18N2/c1-11(2)13-6-8-14(9-7-13)17-12(3)15-5-4-10-16-15/h4-11,16H,1-3H3. The molecular weight excluding hydrogens is 208 g/mol. The Morgan fingerprint density at radius 3 is 2.35 bits per heavy atom. The van der Waals surface area contributed by atoms with Crippen LogP contribution in [0.2, 0.25) is 0 Å². The number of aromatic amines is 1. The minimum atomic E-state index is 0.567. The number of hydrogen-bond donors (Lipinski definition) is 1. The zero-order valence-electron chi connectivity index (χ0n) is 10.6. The van der Waals surface area contributed by atoms with E-state index in [-0.39, 0.29) is 0 Å². The van der Waals surface area contributed by atoms with E-state index >= 15 is 0 Å². The highest BCUT2D eigenvalue weighted by atomic mass is 14.8. The summed E-state index contributed by atoms with van der Waals surface area (Å²) in [7, 11) is 0. The van der Waals surface area contributed by atoms with Gasteiger partial charge in [-0.25, -0.2) is 0 Å². The van der Waals surface area contributed by atoms with Crippen LogP contribution in [0.3, 0.4) is 0 Å². The first-order valence-corrected chi connectivity index (χ1v) is 5.96. The van der Waals surface area contributed by atoms with Gasteiger partial charge < -0.3 is 4.98 Å². The lowest BCUT2D eigenvalue weighted by Gasteiger charge is -2.05. The zero-order chi connectivity index (χ0) is 12.3. The molecule has 2 nitrogen and oxygen atoms in total. The van der Waals surface area contributed by atoms with Gasteiger partial charge in [-0.05, 0) is 42.7 Å². The average Bonchev–Trinajstić information content (AvgIpc) is 2.83. The minimum absolute atomic E-state index is 0.567. The molecule has 2 aromatic rings. The molecule has 0 aliphatic heterocycles. The van der Waals surface area contributed by atoms with E-state index < -0.39 is 0 Å². The summed E-state index contributed by atoms with van der Waals surface area (Å²) in [6.07, 6.45) is 1.91. The average molecular weight is 226 g/mol. The predicted molar refractivity (Wildman–Crippen MR) is 73.2 cm³/mol. The SMILES string of the molecule is CC(=Nc1ccc(C(C)C)cc1)c1ccc[nH]1. The Balaban J connectivity index is 2.21. The molecule has 0 bridgehead atoms. The topological polar surface area (TPSA) is 28.1 Å². The van der Waals surface area contributed by atoms with Crippen molar-refractivity contribution in [2.75, 3.05) is 0 Å². The molecule has 88 valence electrons. The molecule has 0 atom stereocenters. The third-order valence-electron chi connectivity index (χ3n) is 2.84. The summed E-state index contributed by atoms with van der Waals surface area (Å²) in [5.74, 6) is 0.567. The maximum absolute atomic E-state index is 4.59. The van der Waals surface area contributed by atoms with Crippen molar-refractivity contribution in [3.05, 3.63) is 53.9 Å². The summed E-state index contributed by atoms with van der Waals surface area (Å²) in [5.41, 5.74) is 4.42. The van der Waals surface area contributed by atoms with Gasteiger partial charge in [0.1, 0.15) is 0 Å². The van der Waals surface area contributed by atoms with Crippen LogP contribution < -0.4 is 0 Å². The van der Waals surface area contributed by atoms with E-state index in [1.807, 2.05) is 25.3 Å². The Morgan fingerprint density at radius 1 is 1.12 bits per heavy atom. The van der Waals surface area contributed by atoms with Gasteiger partial charge in [-0.3, -0.25) is 4.99 Å². The van der Waals surface area contributed by atoms with Crippen LogP contribution in [0.4, 0.5) is 5.69 Å². The van der Waals surface area contributed by atoms with E-state index in [9.17, 15) is 0 Å². The summed E-state index contributed by atoms with van der Waals surface area (Å²) in [6, 6.07) is 12.4. The van der Waals surface area contributed by atoms with E-state index in [1.54, 1.807) is 0 Å². The second-order valence-electron chi connectivity index (χ2n) is 4.53.